The van der Waals surface area contributed by atoms with Gasteiger partial charge in [0.15, 0.2) is 0 Å². The number of fused-ring (bicyclic) bond motifs is 1. The highest BCUT2D eigenvalue weighted by Crippen LogP contribution is 2.36. The molecule has 1 saturated carbocycles. The summed E-state index contributed by atoms with van der Waals surface area (Å²) in [6.45, 7) is 3.75. The van der Waals surface area contributed by atoms with Gasteiger partial charge in [0.05, 0.1) is 12.2 Å². The van der Waals surface area contributed by atoms with E-state index in [1.54, 1.807) is 0 Å². The lowest BCUT2D eigenvalue weighted by atomic mass is 9.88. The number of carbonyl (C=O) groups excluding carboxylic acids is 1. The number of amides is 2. The van der Waals surface area contributed by atoms with Crippen molar-refractivity contribution >= 4 is 28.8 Å². The predicted octanol–water partition coefficient (Wildman–Crippen LogP) is 5.68. The molecule has 1 unspecified atom stereocenters. The van der Waals surface area contributed by atoms with Crippen LogP contribution in [0.4, 0.5) is 37.4 Å². The highest BCUT2D eigenvalue weighted by atomic mass is 19.4. The summed E-state index contributed by atoms with van der Waals surface area (Å²) in [6, 6.07) is 4.28. The molecule has 0 radical (unpaired) electrons. The number of hydrogen-bond donors (Lipinski definition) is 4. The smallest absolute Gasteiger partial charge is 0.425 e. The van der Waals surface area contributed by atoms with Gasteiger partial charge in [-0.3, -0.25) is 0 Å². The molecule has 4 rings (SSSR count). The maximum absolute atomic E-state index is 15.4. The van der Waals surface area contributed by atoms with Gasteiger partial charge in [-0.25, -0.2) is 23.4 Å². The number of pyridine rings is 1. The Morgan fingerprint density at radius 1 is 1.09 bits per heavy atom. The van der Waals surface area contributed by atoms with E-state index in [2.05, 4.69) is 10.3 Å². The van der Waals surface area contributed by atoms with Crippen LogP contribution in [-0.2, 0) is 17.5 Å². The standard InChI is InChI=1S/C29H30F5N3O7/c1-28(2,3)44-27(42)37(26(40)41)25-10-17-19(11-36-25)18(24(39)13-38)9-23(31)20(17)12-35-14-6-16(7-14)43-15-4-5-22(30)21(8-15)29(32,33)34/h4-5,8-11,14,16,24,35,38-39H,6-7,12-13H2,1-3H3,(H,40,41)/t14-,16-,24?. The van der Waals surface area contributed by atoms with E-state index in [-0.39, 0.29) is 45.1 Å². The molecule has 2 aromatic carbocycles. The minimum Gasteiger partial charge on any atom is -0.490 e. The minimum atomic E-state index is -4.88. The van der Waals surface area contributed by atoms with E-state index in [1.807, 2.05) is 0 Å². The summed E-state index contributed by atoms with van der Waals surface area (Å²) in [7, 11) is 0. The number of halogens is 5. The van der Waals surface area contributed by atoms with E-state index in [4.69, 9.17) is 9.47 Å². The summed E-state index contributed by atoms with van der Waals surface area (Å²) >= 11 is 0. The summed E-state index contributed by atoms with van der Waals surface area (Å²) < 4.78 is 78.7. The number of nitrogens with one attached hydrogen (secondary N) is 1. The second-order valence-corrected chi connectivity index (χ2v) is 11.2. The Kier molecular flexibility index (Phi) is 9.32. The van der Waals surface area contributed by atoms with Crippen molar-refractivity contribution in [1.82, 2.24) is 10.3 Å². The zero-order chi connectivity index (χ0) is 32.6. The third-order valence-corrected chi connectivity index (χ3v) is 6.83. The van der Waals surface area contributed by atoms with Gasteiger partial charge in [-0.1, -0.05) is 0 Å². The van der Waals surface area contributed by atoms with Crippen LogP contribution in [0.15, 0.2) is 36.5 Å². The van der Waals surface area contributed by atoms with Crippen LogP contribution in [0.2, 0.25) is 0 Å². The number of carboxylic acid groups (broad SMARTS) is 1. The average molecular weight is 628 g/mol. The Balaban J connectivity index is 1.56. The number of imide groups is 1. The van der Waals surface area contributed by atoms with Crippen molar-refractivity contribution in [3.8, 4) is 5.75 Å². The number of rotatable bonds is 8. The topological polar surface area (TPSA) is 141 Å². The van der Waals surface area contributed by atoms with Crippen LogP contribution < -0.4 is 15.0 Å². The van der Waals surface area contributed by atoms with Gasteiger partial charge < -0.3 is 30.1 Å². The lowest BCUT2D eigenvalue weighted by Crippen LogP contribution is -2.46. The number of alkyl halides is 3. The Labute approximate surface area is 248 Å². The van der Waals surface area contributed by atoms with Crippen molar-refractivity contribution in [2.75, 3.05) is 11.5 Å². The van der Waals surface area contributed by atoms with Crippen molar-refractivity contribution in [3.05, 3.63) is 64.9 Å². The van der Waals surface area contributed by atoms with Crippen molar-refractivity contribution in [3.63, 3.8) is 0 Å². The lowest BCUT2D eigenvalue weighted by Gasteiger charge is -2.36. The Hall–Kier alpha value is -4.08. The number of aromatic nitrogens is 1. The highest BCUT2D eigenvalue weighted by molar-refractivity contribution is 6.09. The second kappa shape index (κ2) is 12.5. The molecular weight excluding hydrogens is 597 g/mol. The maximum atomic E-state index is 15.4. The van der Waals surface area contributed by atoms with Crippen LogP contribution in [0.3, 0.4) is 0 Å². The number of benzene rings is 2. The van der Waals surface area contributed by atoms with Gasteiger partial charge in [-0.2, -0.15) is 18.1 Å². The molecule has 10 nitrogen and oxygen atoms in total. The molecule has 1 aromatic heterocycles. The first kappa shape index (κ1) is 32.8. The van der Waals surface area contributed by atoms with Gasteiger partial charge in [-0.05, 0) is 74.9 Å². The molecule has 15 heteroatoms. The largest absolute Gasteiger partial charge is 0.490 e. The lowest BCUT2D eigenvalue weighted by molar-refractivity contribution is -0.140. The van der Waals surface area contributed by atoms with Gasteiger partial charge in [0.1, 0.15) is 41.0 Å². The first-order valence-corrected chi connectivity index (χ1v) is 13.4. The zero-order valence-electron chi connectivity index (χ0n) is 23.8. The molecule has 0 bridgehead atoms. The van der Waals surface area contributed by atoms with Crippen molar-refractivity contribution in [1.29, 1.82) is 0 Å². The van der Waals surface area contributed by atoms with Crippen molar-refractivity contribution in [2.45, 2.75) is 70.2 Å². The third-order valence-electron chi connectivity index (χ3n) is 6.83. The molecule has 1 atom stereocenters. The van der Waals surface area contributed by atoms with E-state index in [9.17, 15) is 42.5 Å². The molecule has 1 fully saturated rings. The van der Waals surface area contributed by atoms with Crippen molar-refractivity contribution < 1.29 is 56.3 Å². The fourth-order valence-electron chi connectivity index (χ4n) is 4.67. The summed E-state index contributed by atoms with van der Waals surface area (Å²) in [5.74, 6) is -2.77. The molecule has 2 amide bonds. The molecule has 238 valence electrons. The van der Waals surface area contributed by atoms with E-state index in [1.165, 1.54) is 20.8 Å². The zero-order valence-corrected chi connectivity index (χ0v) is 23.8. The number of anilines is 1. The summed E-state index contributed by atoms with van der Waals surface area (Å²) in [5, 5.41) is 32.9. The van der Waals surface area contributed by atoms with Gasteiger partial charge in [0.2, 0.25) is 0 Å². The van der Waals surface area contributed by atoms with Crippen LogP contribution in [-0.4, -0.2) is 56.8 Å². The molecule has 1 aliphatic rings. The minimum absolute atomic E-state index is 0.0171. The molecule has 4 N–H and O–H groups in total. The summed E-state index contributed by atoms with van der Waals surface area (Å²) in [4.78, 5) is 28.9. The van der Waals surface area contributed by atoms with Crippen LogP contribution in [0.25, 0.3) is 10.8 Å². The Morgan fingerprint density at radius 3 is 2.36 bits per heavy atom. The van der Waals surface area contributed by atoms with Crippen LogP contribution in [0.5, 0.6) is 5.75 Å². The molecule has 1 heterocycles. The summed E-state index contributed by atoms with van der Waals surface area (Å²) in [5.41, 5.74) is -2.47. The number of ether oxygens (including phenoxy) is 2. The maximum Gasteiger partial charge on any atom is 0.425 e. The number of carbonyl (C=O) groups is 2. The van der Waals surface area contributed by atoms with E-state index in [0.29, 0.717) is 25.0 Å². The van der Waals surface area contributed by atoms with Gasteiger partial charge in [0.25, 0.3) is 0 Å². The number of aliphatic hydroxyl groups excluding tert-OH is 2. The molecule has 0 aliphatic heterocycles. The normalized spacial score (nSPS) is 17.6. The molecule has 0 saturated heterocycles. The Morgan fingerprint density at radius 2 is 1.77 bits per heavy atom. The summed E-state index contributed by atoms with van der Waals surface area (Å²) in [6.07, 6.45) is -8.00. The van der Waals surface area contributed by atoms with E-state index in [0.717, 1.165) is 24.4 Å². The number of nitrogens with zero attached hydrogens (tertiary/aromatic N) is 2. The predicted molar refractivity (Wildman–Crippen MR) is 146 cm³/mol. The fourth-order valence-corrected chi connectivity index (χ4v) is 4.67. The van der Waals surface area contributed by atoms with Crippen LogP contribution >= 0.6 is 0 Å². The second-order valence-electron chi connectivity index (χ2n) is 11.2. The molecule has 44 heavy (non-hydrogen) atoms. The Bertz CT molecular complexity index is 1560. The first-order valence-electron chi connectivity index (χ1n) is 13.4. The van der Waals surface area contributed by atoms with E-state index < -0.39 is 65.8 Å². The monoisotopic (exact) mass is 627 g/mol. The SMILES string of the molecule is CC(C)(C)OC(=O)N(C(=O)O)c1cc2c(CN[C@H]3C[C@H](Oc4ccc(F)c(C(F)(F)F)c4)C3)c(F)cc(C(O)CO)c2cn1. The molecule has 3 aromatic rings. The third kappa shape index (κ3) is 7.34. The molecule has 0 spiro atoms. The van der Waals surface area contributed by atoms with Crippen LogP contribution in [0.1, 0.15) is 56.4 Å². The van der Waals surface area contributed by atoms with Crippen LogP contribution in [0, 0.1) is 11.6 Å². The number of hydrogen-bond acceptors (Lipinski definition) is 8. The first-order chi connectivity index (χ1) is 20.5. The van der Waals surface area contributed by atoms with Gasteiger partial charge in [0, 0.05) is 29.7 Å². The number of aliphatic hydroxyl groups is 2. The molecular formula is C29H30F5N3O7. The van der Waals surface area contributed by atoms with Crippen molar-refractivity contribution in [2.24, 2.45) is 0 Å². The average Bonchev–Trinajstić information content (AvgIpc) is 2.89. The highest BCUT2D eigenvalue weighted by Gasteiger charge is 2.36. The molecule has 1 aliphatic carbocycles. The van der Waals surface area contributed by atoms with Gasteiger partial charge in [-0.15, -0.1) is 0 Å². The van der Waals surface area contributed by atoms with Gasteiger partial charge >= 0.3 is 18.4 Å². The van der Waals surface area contributed by atoms with E-state index >= 15 is 4.39 Å². The quantitative estimate of drug-likeness (QED) is 0.232. The fraction of sp³-hybridized carbons (Fsp3) is 0.414.